The maximum Gasteiger partial charge on any atom is 0.299 e. The van der Waals surface area contributed by atoms with Gasteiger partial charge in [-0.15, -0.1) is 0 Å². The van der Waals surface area contributed by atoms with Crippen molar-refractivity contribution >= 4 is 17.1 Å². The normalized spacial score (nSPS) is 10.9. The molecule has 0 aliphatic heterocycles. The van der Waals surface area contributed by atoms with E-state index in [1.165, 1.54) is 12.1 Å². The summed E-state index contributed by atoms with van der Waals surface area (Å²) in [6, 6.07) is 3.40. The minimum Gasteiger partial charge on any atom is -0.377 e. The van der Waals surface area contributed by atoms with E-state index in [-0.39, 0.29) is 30.3 Å². The van der Waals surface area contributed by atoms with E-state index in [2.05, 4.69) is 5.32 Å². The summed E-state index contributed by atoms with van der Waals surface area (Å²) in [5.74, 6) is 0. The van der Waals surface area contributed by atoms with E-state index in [1.54, 1.807) is 0 Å². The van der Waals surface area contributed by atoms with Crippen molar-refractivity contribution in [1.82, 2.24) is 0 Å². The third-order valence-electron chi connectivity index (χ3n) is 3.66. The molecule has 0 spiro atoms. The van der Waals surface area contributed by atoms with Crippen molar-refractivity contribution < 1.29 is 37.9 Å². The molecule has 0 bridgehead atoms. The molecule has 176 valence electrons. The van der Waals surface area contributed by atoms with Crippen LogP contribution in [0.3, 0.4) is 0 Å². The summed E-state index contributed by atoms with van der Waals surface area (Å²) >= 11 is 0. The standard InChI is InChI=1S/C18H28FN3O9/c19-3-5-27-7-9-29-11-13-31-14-12-30-10-8-28-6-4-20-17-2-1-16(21(23)24)15-18(17)22(25)26/h1-2,15,20H,3-14H2. The zero-order valence-electron chi connectivity index (χ0n) is 17.2. The maximum absolute atomic E-state index is 11.8. The van der Waals surface area contributed by atoms with Gasteiger partial charge in [-0.1, -0.05) is 0 Å². The molecule has 0 aromatic heterocycles. The van der Waals surface area contributed by atoms with Gasteiger partial charge in [-0.2, -0.15) is 0 Å². The van der Waals surface area contributed by atoms with E-state index in [9.17, 15) is 24.6 Å². The Morgan fingerprint density at radius 2 is 1.23 bits per heavy atom. The molecule has 0 aliphatic rings. The van der Waals surface area contributed by atoms with Gasteiger partial charge in [0.15, 0.2) is 0 Å². The number of non-ortho nitro benzene ring substituents is 1. The molecule has 0 saturated heterocycles. The molecular formula is C18H28FN3O9. The lowest BCUT2D eigenvalue weighted by Gasteiger charge is -2.09. The molecule has 13 heteroatoms. The van der Waals surface area contributed by atoms with Crippen molar-refractivity contribution in [2.75, 3.05) is 84.6 Å². The van der Waals surface area contributed by atoms with Gasteiger partial charge in [0.25, 0.3) is 11.4 Å². The van der Waals surface area contributed by atoms with Gasteiger partial charge in [0.2, 0.25) is 0 Å². The topological polar surface area (TPSA) is 144 Å². The van der Waals surface area contributed by atoms with Crippen molar-refractivity contribution in [3.05, 3.63) is 38.4 Å². The molecule has 0 saturated carbocycles. The van der Waals surface area contributed by atoms with Gasteiger partial charge in [-0.05, 0) is 6.07 Å². The summed E-state index contributed by atoms with van der Waals surface area (Å²) in [4.78, 5) is 20.4. The van der Waals surface area contributed by atoms with Crippen LogP contribution in [0.25, 0.3) is 0 Å². The molecule has 0 atom stereocenters. The number of alkyl halides is 1. The van der Waals surface area contributed by atoms with Crippen LogP contribution in [0.5, 0.6) is 0 Å². The van der Waals surface area contributed by atoms with Crippen LogP contribution in [0.1, 0.15) is 0 Å². The van der Waals surface area contributed by atoms with Gasteiger partial charge in [0.05, 0.1) is 82.0 Å². The zero-order valence-corrected chi connectivity index (χ0v) is 17.2. The number of nitrogens with one attached hydrogen (secondary N) is 1. The summed E-state index contributed by atoms with van der Waals surface area (Å²) in [6.45, 7) is 3.25. The number of hydrogen-bond donors (Lipinski definition) is 1. The molecule has 0 amide bonds. The highest BCUT2D eigenvalue weighted by atomic mass is 19.1. The molecular weight excluding hydrogens is 421 g/mol. The Labute approximate surface area is 178 Å². The third kappa shape index (κ3) is 12.8. The number of halogens is 1. The average molecular weight is 449 g/mol. The predicted octanol–water partition coefficient (Wildman–Crippen LogP) is 1.97. The highest BCUT2D eigenvalue weighted by Crippen LogP contribution is 2.28. The molecule has 0 fully saturated rings. The highest BCUT2D eigenvalue weighted by Gasteiger charge is 2.18. The highest BCUT2D eigenvalue weighted by molar-refractivity contribution is 5.65. The first kappa shape index (κ1) is 26.6. The van der Waals surface area contributed by atoms with Crippen molar-refractivity contribution in [3.63, 3.8) is 0 Å². The third-order valence-corrected chi connectivity index (χ3v) is 3.66. The SMILES string of the molecule is O=[N+]([O-])c1ccc(NCCOCCOCCOCCOCCOCCF)c([N+](=O)[O-])c1. The van der Waals surface area contributed by atoms with Crippen molar-refractivity contribution in [1.29, 1.82) is 0 Å². The van der Waals surface area contributed by atoms with E-state index in [4.69, 9.17) is 23.7 Å². The second-order valence-corrected chi connectivity index (χ2v) is 5.89. The van der Waals surface area contributed by atoms with Crippen LogP contribution in [0.2, 0.25) is 0 Å². The average Bonchev–Trinajstić information content (AvgIpc) is 2.75. The Morgan fingerprint density at radius 3 is 1.68 bits per heavy atom. The molecule has 0 aliphatic carbocycles. The Kier molecular flexibility index (Phi) is 14.8. The van der Waals surface area contributed by atoms with Gasteiger partial charge in [-0.25, -0.2) is 4.39 Å². The van der Waals surface area contributed by atoms with Crippen LogP contribution in [0.15, 0.2) is 18.2 Å². The van der Waals surface area contributed by atoms with E-state index in [1.807, 2.05) is 0 Å². The molecule has 0 heterocycles. The second kappa shape index (κ2) is 17.3. The fourth-order valence-electron chi connectivity index (χ4n) is 2.23. The number of rotatable bonds is 20. The minimum absolute atomic E-state index is 0.0831. The number of hydrogen-bond acceptors (Lipinski definition) is 10. The fraction of sp³-hybridized carbons (Fsp3) is 0.667. The summed E-state index contributed by atoms with van der Waals surface area (Å²) in [5, 5.41) is 24.6. The fourth-order valence-corrected chi connectivity index (χ4v) is 2.23. The van der Waals surface area contributed by atoms with Gasteiger partial charge in [-0.3, -0.25) is 20.2 Å². The first-order valence-electron chi connectivity index (χ1n) is 9.67. The van der Waals surface area contributed by atoms with E-state index in [0.717, 1.165) is 6.07 Å². The van der Waals surface area contributed by atoms with Crippen LogP contribution < -0.4 is 5.32 Å². The van der Waals surface area contributed by atoms with E-state index < -0.39 is 16.5 Å². The molecule has 0 radical (unpaired) electrons. The van der Waals surface area contributed by atoms with Gasteiger partial charge < -0.3 is 29.0 Å². The van der Waals surface area contributed by atoms with Crippen molar-refractivity contribution in [2.45, 2.75) is 0 Å². The smallest absolute Gasteiger partial charge is 0.299 e. The molecule has 1 aromatic carbocycles. The lowest BCUT2D eigenvalue weighted by Crippen LogP contribution is -2.15. The quantitative estimate of drug-likeness (QED) is 0.178. The lowest BCUT2D eigenvalue weighted by atomic mass is 10.2. The summed E-state index contributed by atoms with van der Waals surface area (Å²) in [7, 11) is 0. The van der Waals surface area contributed by atoms with E-state index >= 15 is 0 Å². The van der Waals surface area contributed by atoms with Crippen LogP contribution >= 0.6 is 0 Å². The van der Waals surface area contributed by atoms with Crippen LogP contribution in [0.4, 0.5) is 21.5 Å². The molecule has 12 nitrogen and oxygen atoms in total. The second-order valence-electron chi connectivity index (χ2n) is 5.89. The van der Waals surface area contributed by atoms with Gasteiger partial charge in [0, 0.05) is 12.6 Å². The zero-order chi connectivity index (χ0) is 22.7. The summed E-state index contributed by atoms with van der Waals surface area (Å²) < 4.78 is 37.9. The number of nitrogens with zero attached hydrogens (tertiary/aromatic N) is 2. The molecule has 0 unspecified atom stereocenters. The van der Waals surface area contributed by atoms with Gasteiger partial charge in [0.1, 0.15) is 12.4 Å². The Hall–Kier alpha value is -2.45. The van der Waals surface area contributed by atoms with Gasteiger partial charge >= 0.3 is 0 Å². The first-order chi connectivity index (χ1) is 15.1. The number of nitro benzene ring substituents is 2. The number of ether oxygens (including phenoxy) is 5. The summed E-state index contributed by atoms with van der Waals surface area (Å²) in [5.41, 5.74) is -0.529. The van der Waals surface area contributed by atoms with Crippen LogP contribution in [-0.4, -0.2) is 89.1 Å². The Bertz CT molecular complexity index is 652. The summed E-state index contributed by atoms with van der Waals surface area (Å²) in [6.07, 6.45) is 0. The number of nitro groups is 2. The number of anilines is 1. The Morgan fingerprint density at radius 1 is 0.742 bits per heavy atom. The van der Waals surface area contributed by atoms with Crippen molar-refractivity contribution in [3.8, 4) is 0 Å². The largest absolute Gasteiger partial charge is 0.377 e. The number of benzene rings is 1. The predicted molar refractivity (Wildman–Crippen MR) is 108 cm³/mol. The van der Waals surface area contributed by atoms with E-state index in [0.29, 0.717) is 59.4 Å². The molecule has 1 aromatic rings. The van der Waals surface area contributed by atoms with Crippen molar-refractivity contribution in [2.24, 2.45) is 0 Å². The minimum atomic E-state index is -0.687. The molecule has 31 heavy (non-hydrogen) atoms. The van der Waals surface area contributed by atoms with Crippen LogP contribution in [-0.2, 0) is 23.7 Å². The first-order valence-corrected chi connectivity index (χ1v) is 9.67. The molecule has 1 rings (SSSR count). The lowest BCUT2D eigenvalue weighted by molar-refractivity contribution is -0.393. The molecule has 1 N–H and O–H groups in total. The Balaban J connectivity index is 1.97. The monoisotopic (exact) mass is 449 g/mol. The maximum atomic E-state index is 11.8. The van der Waals surface area contributed by atoms with Crippen LogP contribution in [0, 0.1) is 20.2 Å².